The largest absolute Gasteiger partial charge is 0.361 e. The molecule has 0 aliphatic heterocycles. The molecule has 0 bridgehead atoms. The number of amides is 1. The molecule has 1 aromatic heterocycles. The average molecular weight is 262 g/mol. The third-order valence-electron chi connectivity index (χ3n) is 2.94. The molecule has 0 unspecified atom stereocenters. The van der Waals surface area contributed by atoms with Gasteiger partial charge in [-0.05, 0) is 38.0 Å². The summed E-state index contributed by atoms with van der Waals surface area (Å²) >= 11 is 0. The molecule has 4 nitrogen and oxygen atoms in total. The van der Waals surface area contributed by atoms with E-state index in [9.17, 15) is 9.18 Å². The standard InChI is InChI=1S/C14H15FN2O2/c1-4-11-13(9(3)19-17-11)14(18)16-12-7-10(15)6-5-8(12)2/h5-7H,4H2,1-3H3,(H,16,18). The molecule has 0 fully saturated rings. The third-order valence-corrected chi connectivity index (χ3v) is 2.94. The molecule has 100 valence electrons. The number of hydrogen-bond donors (Lipinski definition) is 1. The Bertz CT molecular complexity index is 620. The second kappa shape index (κ2) is 5.22. The highest BCUT2D eigenvalue weighted by Crippen LogP contribution is 2.20. The van der Waals surface area contributed by atoms with Crippen LogP contribution in [0.5, 0.6) is 0 Å². The van der Waals surface area contributed by atoms with Crippen LogP contribution in [-0.2, 0) is 6.42 Å². The first kappa shape index (κ1) is 13.3. The molecule has 0 aliphatic rings. The lowest BCUT2D eigenvalue weighted by Gasteiger charge is -2.08. The van der Waals surface area contributed by atoms with Crippen molar-refractivity contribution in [3.63, 3.8) is 0 Å². The Hall–Kier alpha value is -2.17. The van der Waals surface area contributed by atoms with E-state index in [0.717, 1.165) is 5.56 Å². The molecule has 1 amide bonds. The van der Waals surface area contributed by atoms with E-state index in [4.69, 9.17) is 4.52 Å². The van der Waals surface area contributed by atoms with Gasteiger partial charge in [-0.15, -0.1) is 0 Å². The number of aryl methyl sites for hydroxylation is 3. The van der Waals surface area contributed by atoms with Crippen molar-refractivity contribution in [2.75, 3.05) is 5.32 Å². The number of anilines is 1. The van der Waals surface area contributed by atoms with Crippen molar-refractivity contribution >= 4 is 11.6 Å². The summed E-state index contributed by atoms with van der Waals surface area (Å²) in [5.74, 6) is -0.258. The molecule has 1 N–H and O–H groups in total. The van der Waals surface area contributed by atoms with E-state index in [1.165, 1.54) is 12.1 Å². The van der Waals surface area contributed by atoms with Crippen molar-refractivity contribution in [2.24, 2.45) is 0 Å². The van der Waals surface area contributed by atoms with Gasteiger partial charge in [-0.1, -0.05) is 18.1 Å². The number of nitrogens with one attached hydrogen (secondary N) is 1. The van der Waals surface area contributed by atoms with Crippen LogP contribution in [0.25, 0.3) is 0 Å². The van der Waals surface area contributed by atoms with Crippen molar-refractivity contribution in [3.05, 3.63) is 46.6 Å². The van der Waals surface area contributed by atoms with Gasteiger partial charge in [0.05, 0.1) is 5.69 Å². The lowest BCUT2D eigenvalue weighted by molar-refractivity contribution is 0.102. The first-order chi connectivity index (χ1) is 9.02. The highest BCUT2D eigenvalue weighted by molar-refractivity contribution is 6.06. The van der Waals surface area contributed by atoms with Gasteiger partial charge in [-0.2, -0.15) is 0 Å². The number of hydrogen-bond acceptors (Lipinski definition) is 3. The van der Waals surface area contributed by atoms with E-state index >= 15 is 0 Å². The van der Waals surface area contributed by atoms with E-state index in [0.29, 0.717) is 29.1 Å². The van der Waals surface area contributed by atoms with Crippen LogP contribution in [0, 0.1) is 19.7 Å². The number of carbonyl (C=O) groups is 1. The third kappa shape index (κ3) is 2.65. The minimum atomic E-state index is -0.390. The van der Waals surface area contributed by atoms with Crippen LogP contribution in [0.1, 0.15) is 34.3 Å². The molecular formula is C14H15FN2O2. The minimum Gasteiger partial charge on any atom is -0.361 e. The van der Waals surface area contributed by atoms with Crippen molar-refractivity contribution in [2.45, 2.75) is 27.2 Å². The van der Waals surface area contributed by atoms with Gasteiger partial charge in [-0.3, -0.25) is 4.79 Å². The highest BCUT2D eigenvalue weighted by Gasteiger charge is 2.19. The molecule has 2 rings (SSSR count). The molecule has 19 heavy (non-hydrogen) atoms. The molecule has 1 aromatic carbocycles. The quantitative estimate of drug-likeness (QED) is 0.923. The predicted octanol–water partition coefficient (Wildman–Crippen LogP) is 3.25. The summed E-state index contributed by atoms with van der Waals surface area (Å²) in [6.07, 6.45) is 0.599. The Morgan fingerprint density at radius 3 is 2.84 bits per heavy atom. The maximum Gasteiger partial charge on any atom is 0.261 e. The number of aromatic nitrogens is 1. The van der Waals surface area contributed by atoms with Crippen LogP contribution < -0.4 is 5.32 Å². The summed E-state index contributed by atoms with van der Waals surface area (Å²) in [7, 11) is 0. The lowest BCUT2D eigenvalue weighted by atomic mass is 10.1. The summed E-state index contributed by atoms with van der Waals surface area (Å²) in [6.45, 7) is 5.37. The van der Waals surface area contributed by atoms with E-state index in [1.807, 2.05) is 6.92 Å². The lowest BCUT2D eigenvalue weighted by Crippen LogP contribution is -2.15. The normalized spacial score (nSPS) is 10.5. The Labute approximate surface area is 110 Å². The average Bonchev–Trinajstić information content (AvgIpc) is 2.75. The smallest absolute Gasteiger partial charge is 0.261 e. The van der Waals surface area contributed by atoms with Crippen molar-refractivity contribution in [1.29, 1.82) is 0 Å². The van der Waals surface area contributed by atoms with Crippen molar-refractivity contribution in [3.8, 4) is 0 Å². The summed E-state index contributed by atoms with van der Waals surface area (Å²) in [6, 6.07) is 4.26. The first-order valence-corrected chi connectivity index (χ1v) is 6.05. The SMILES string of the molecule is CCc1noc(C)c1C(=O)Nc1cc(F)ccc1C. The van der Waals surface area contributed by atoms with Crippen LogP contribution in [-0.4, -0.2) is 11.1 Å². The second-order valence-electron chi connectivity index (χ2n) is 4.33. The second-order valence-corrected chi connectivity index (χ2v) is 4.33. The van der Waals surface area contributed by atoms with Gasteiger partial charge in [0.15, 0.2) is 0 Å². The van der Waals surface area contributed by atoms with Crippen LogP contribution in [0.2, 0.25) is 0 Å². The molecule has 5 heteroatoms. The van der Waals surface area contributed by atoms with Crippen molar-refractivity contribution in [1.82, 2.24) is 5.16 Å². The molecule has 0 radical (unpaired) electrons. The number of benzene rings is 1. The molecule has 0 saturated carbocycles. The van der Waals surface area contributed by atoms with E-state index < -0.39 is 5.82 Å². The molecule has 0 spiro atoms. The fraction of sp³-hybridized carbons (Fsp3) is 0.286. The zero-order valence-electron chi connectivity index (χ0n) is 11.1. The number of rotatable bonds is 3. The molecular weight excluding hydrogens is 247 g/mol. The van der Waals surface area contributed by atoms with E-state index in [2.05, 4.69) is 10.5 Å². The Morgan fingerprint density at radius 1 is 1.42 bits per heavy atom. The predicted molar refractivity (Wildman–Crippen MR) is 69.7 cm³/mol. The van der Waals surface area contributed by atoms with Gasteiger partial charge in [-0.25, -0.2) is 4.39 Å². The summed E-state index contributed by atoms with van der Waals surface area (Å²) in [5, 5.41) is 6.52. The molecule has 0 atom stereocenters. The molecule has 0 aliphatic carbocycles. The van der Waals surface area contributed by atoms with E-state index in [-0.39, 0.29) is 5.91 Å². The zero-order chi connectivity index (χ0) is 14.0. The number of halogens is 1. The van der Waals surface area contributed by atoms with Crippen LogP contribution in [0.3, 0.4) is 0 Å². The topological polar surface area (TPSA) is 55.1 Å². The fourth-order valence-electron chi connectivity index (χ4n) is 1.86. The van der Waals surface area contributed by atoms with Gasteiger partial charge < -0.3 is 9.84 Å². The molecule has 1 heterocycles. The monoisotopic (exact) mass is 262 g/mol. The maximum atomic E-state index is 13.2. The first-order valence-electron chi connectivity index (χ1n) is 6.05. The van der Waals surface area contributed by atoms with Gasteiger partial charge in [0.2, 0.25) is 0 Å². The Morgan fingerprint density at radius 2 is 2.16 bits per heavy atom. The Kier molecular flexibility index (Phi) is 3.64. The van der Waals surface area contributed by atoms with Gasteiger partial charge >= 0.3 is 0 Å². The molecule has 2 aromatic rings. The molecule has 0 saturated heterocycles. The fourth-order valence-corrected chi connectivity index (χ4v) is 1.86. The Balaban J connectivity index is 2.30. The minimum absolute atomic E-state index is 0.329. The van der Waals surface area contributed by atoms with Crippen LogP contribution in [0.15, 0.2) is 22.7 Å². The van der Waals surface area contributed by atoms with Gasteiger partial charge in [0, 0.05) is 5.69 Å². The van der Waals surface area contributed by atoms with Crippen LogP contribution in [0.4, 0.5) is 10.1 Å². The zero-order valence-corrected chi connectivity index (χ0v) is 11.1. The number of carbonyl (C=O) groups excluding carboxylic acids is 1. The highest BCUT2D eigenvalue weighted by atomic mass is 19.1. The van der Waals surface area contributed by atoms with Gasteiger partial charge in [0.25, 0.3) is 5.91 Å². The van der Waals surface area contributed by atoms with Gasteiger partial charge in [0.1, 0.15) is 17.1 Å². The van der Waals surface area contributed by atoms with Crippen LogP contribution >= 0.6 is 0 Å². The number of nitrogens with zero attached hydrogens (tertiary/aromatic N) is 1. The van der Waals surface area contributed by atoms with E-state index in [1.54, 1.807) is 19.9 Å². The van der Waals surface area contributed by atoms with Crippen molar-refractivity contribution < 1.29 is 13.7 Å². The summed E-state index contributed by atoms with van der Waals surface area (Å²) < 4.78 is 18.2. The summed E-state index contributed by atoms with van der Waals surface area (Å²) in [4.78, 5) is 12.2. The summed E-state index contributed by atoms with van der Waals surface area (Å²) in [5.41, 5.74) is 2.27. The maximum absolute atomic E-state index is 13.2.